The molecule has 1 unspecified atom stereocenters. The number of benzene rings is 2. The Morgan fingerprint density at radius 3 is 2.59 bits per heavy atom. The maximum atomic E-state index is 13.2. The highest BCUT2D eigenvalue weighted by atomic mass is 32.2. The predicted molar refractivity (Wildman–Crippen MR) is 123 cm³/mol. The molecule has 1 aliphatic carbocycles. The van der Waals surface area contributed by atoms with Gasteiger partial charge >= 0.3 is 4.87 Å². The first-order valence-electron chi connectivity index (χ1n) is 10.8. The van der Waals surface area contributed by atoms with Crippen molar-refractivity contribution in [2.75, 3.05) is 26.3 Å². The molecule has 2 heterocycles. The third-order valence-corrected chi connectivity index (χ3v) is 9.16. The van der Waals surface area contributed by atoms with E-state index >= 15 is 0 Å². The minimum atomic E-state index is -3.66. The number of carbonyl (C=O) groups excluding carboxylic acids is 1. The fourth-order valence-electron chi connectivity index (χ4n) is 4.56. The molecular weight excluding hydrogens is 448 g/mol. The van der Waals surface area contributed by atoms with Crippen LogP contribution in [-0.2, 0) is 27.6 Å². The maximum Gasteiger partial charge on any atom is 0.308 e. The lowest BCUT2D eigenvalue weighted by molar-refractivity contribution is 0.0730. The summed E-state index contributed by atoms with van der Waals surface area (Å²) >= 11 is 0.964. The average Bonchev–Trinajstić information content (AvgIpc) is 3.40. The summed E-state index contributed by atoms with van der Waals surface area (Å²) in [6.07, 6.45) is 3.13. The number of rotatable bonds is 5. The molecule has 1 saturated heterocycles. The van der Waals surface area contributed by atoms with Crippen LogP contribution < -0.4 is 4.87 Å². The van der Waals surface area contributed by atoms with E-state index in [1.165, 1.54) is 32.1 Å². The molecule has 0 amide bonds. The molecule has 9 heteroatoms. The molecule has 32 heavy (non-hydrogen) atoms. The molecule has 1 aromatic heterocycles. The van der Waals surface area contributed by atoms with E-state index in [0.717, 1.165) is 30.6 Å². The van der Waals surface area contributed by atoms with Gasteiger partial charge in [-0.15, -0.1) is 0 Å². The quantitative estimate of drug-likeness (QED) is 0.533. The van der Waals surface area contributed by atoms with E-state index in [1.54, 1.807) is 13.0 Å². The molecule has 0 spiro atoms. The average molecular weight is 473 g/mol. The van der Waals surface area contributed by atoms with Crippen molar-refractivity contribution in [1.29, 1.82) is 0 Å². The SMILES string of the molecule is CC(C(=O)c1ccc2c(c1)CCC2)n1c(=O)sc2cc(S(=O)(=O)N3CCOCC3)ccc21. The summed E-state index contributed by atoms with van der Waals surface area (Å²) in [7, 11) is -3.66. The highest BCUT2D eigenvalue weighted by Gasteiger charge is 2.28. The Kier molecular flexibility index (Phi) is 5.53. The van der Waals surface area contributed by atoms with Gasteiger partial charge in [0, 0.05) is 18.7 Å². The van der Waals surface area contributed by atoms with Crippen LogP contribution in [0.5, 0.6) is 0 Å². The molecular formula is C23H24N2O5S2. The number of morpholine rings is 1. The van der Waals surface area contributed by atoms with Crippen LogP contribution in [0.2, 0.25) is 0 Å². The van der Waals surface area contributed by atoms with Gasteiger partial charge in [-0.25, -0.2) is 8.42 Å². The van der Waals surface area contributed by atoms with Crippen LogP contribution in [0.25, 0.3) is 10.2 Å². The van der Waals surface area contributed by atoms with E-state index in [1.807, 2.05) is 18.2 Å². The zero-order valence-electron chi connectivity index (χ0n) is 17.7. The largest absolute Gasteiger partial charge is 0.379 e. The van der Waals surface area contributed by atoms with E-state index in [9.17, 15) is 18.0 Å². The van der Waals surface area contributed by atoms with E-state index < -0.39 is 16.1 Å². The predicted octanol–water partition coefficient (Wildman–Crippen LogP) is 3.02. The van der Waals surface area contributed by atoms with Crippen LogP contribution in [-0.4, -0.2) is 49.4 Å². The first kappa shape index (κ1) is 21.5. The zero-order chi connectivity index (χ0) is 22.5. The topological polar surface area (TPSA) is 85.7 Å². The Hall–Kier alpha value is -2.33. The van der Waals surface area contributed by atoms with Gasteiger partial charge < -0.3 is 4.74 Å². The Balaban J connectivity index is 1.49. The Morgan fingerprint density at radius 2 is 1.81 bits per heavy atom. The molecule has 0 radical (unpaired) electrons. The lowest BCUT2D eigenvalue weighted by Crippen LogP contribution is -2.40. The molecule has 1 atom stereocenters. The highest BCUT2D eigenvalue weighted by Crippen LogP contribution is 2.29. The summed E-state index contributed by atoms with van der Waals surface area (Å²) in [5, 5.41) is 0. The second-order valence-electron chi connectivity index (χ2n) is 8.26. The molecule has 3 aromatic rings. The molecule has 7 nitrogen and oxygen atoms in total. The summed E-state index contributed by atoms with van der Waals surface area (Å²) in [6, 6.07) is 9.81. The van der Waals surface area contributed by atoms with E-state index in [4.69, 9.17) is 4.74 Å². The smallest absolute Gasteiger partial charge is 0.308 e. The molecule has 1 aliphatic heterocycles. The number of sulfonamides is 1. The van der Waals surface area contributed by atoms with Gasteiger partial charge in [0.15, 0.2) is 5.78 Å². The number of fused-ring (bicyclic) bond motifs is 2. The van der Waals surface area contributed by atoms with Crippen molar-refractivity contribution in [2.45, 2.75) is 37.1 Å². The molecule has 168 valence electrons. The van der Waals surface area contributed by atoms with Gasteiger partial charge in [-0.2, -0.15) is 4.31 Å². The molecule has 2 aromatic carbocycles. The Bertz CT molecular complexity index is 1370. The van der Waals surface area contributed by atoms with E-state index in [0.29, 0.717) is 42.1 Å². The summed E-state index contributed by atoms with van der Waals surface area (Å²) < 4.78 is 34.6. The minimum absolute atomic E-state index is 0.119. The third-order valence-electron chi connectivity index (χ3n) is 6.34. The lowest BCUT2D eigenvalue weighted by atomic mass is 10.00. The molecule has 5 rings (SSSR count). The van der Waals surface area contributed by atoms with Crippen LogP contribution in [0.15, 0.2) is 46.1 Å². The standard InChI is InChI=1S/C23H24N2O5S2/c1-15(22(26)18-6-5-16-3-2-4-17(16)13-18)25-20-8-7-19(14-21(20)31-23(25)27)32(28,29)24-9-11-30-12-10-24/h5-8,13-15H,2-4,9-12H2,1H3. The van der Waals surface area contributed by atoms with E-state index in [2.05, 4.69) is 0 Å². The van der Waals surface area contributed by atoms with Crippen molar-refractivity contribution in [3.63, 3.8) is 0 Å². The number of aromatic nitrogens is 1. The number of hydrogen-bond donors (Lipinski definition) is 0. The van der Waals surface area contributed by atoms with Gasteiger partial charge in [0.1, 0.15) is 0 Å². The van der Waals surface area contributed by atoms with Crippen molar-refractivity contribution < 1.29 is 17.9 Å². The van der Waals surface area contributed by atoms with Gasteiger partial charge in [0.2, 0.25) is 10.0 Å². The number of hydrogen-bond acceptors (Lipinski definition) is 6. The molecule has 1 fully saturated rings. The lowest BCUT2D eigenvalue weighted by Gasteiger charge is -2.26. The van der Waals surface area contributed by atoms with Gasteiger partial charge in [0.05, 0.1) is 34.4 Å². The monoisotopic (exact) mass is 472 g/mol. The fourth-order valence-corrected chi connectivity index (χ4v) is 7.07. The van der Waals surface area contributed by atoms with Crippen LogP contribution >= 0.6 is 11.3 Å². The van der Waals surface area contributed by atoms with Crippen molar-refractivity contribution in [2.24, 2.45) is 0 Å². The third kappa shape index (κ3) is 3.63. The second kappa shape index (κ2) is 8.22. The molecule has 2 aliphatic rings. The summed E-state index contributed by atoms with van der Waals surface area (Å²) in [5.74, 6) is -0.119. The summed E-state index contributed by atoms with van der Waals surface area (Å²) in [4.78, 5) is 25.9. The number of thiazole rings is 1. The molecule has 0 N–H and O–H groups in total. The van der Waals surface area contributed by atoms with Gasteiger partial charge in [0.25, 0.3) is 0 Å². The Labute approximate surface area is 190 Å². The summed E-state index contributed by atoms with van der Waals surface area (Å²) in [6.45, 7) is 3.08. The first-order valence-corrected chi connectivity index (χ1v) is 13.0. The number of ketones is 1. The maximum absolute atomic E-state index is 13.2. The molecule has 0 bridgehead atoms. The normalized spacial score (nSPS) is 18.0. The van der Waals surface area contributed by atoms with Crippen LogP contribution in [0.3, 0.4) is 0 Å². The number of Topliss-reactive ketones (excluding diaryl/α,β-unsaturated/α-hetero) is 1. The second-order valence-corrected chi connectivity index (χ2v) is 11.2. The minimum Gasteiger partial charge on any atom is -0.379 e. The van der Waals surface area contributed by atoms with Crippen molar-refractivity contribution in [3.05, 3.63) is 62.8 Å². The van der Waals surface area contributed by atoms with Crippen molar-refractivity contribution in [3.8, 4) is 0 Å². The zero-order valence-corrected chi connectivity index (χ0v) is 19.4. The number of ether oxygens (including phenoxy) is 1. The molecule has 0 saturated carbocycles. The number of aryl methyl sites for hydroxylation is 2. The fraction of sp³-hybridized carbons (Fsp3) is 0.391. The van der Waals surface area contributed by atoms with E-state index in [-0.39, 0.29) is 15.6 Å². The van der Waals surface area contributed by atoms with Crippen LogP contribution in [0, 0.1) is 0 Å². The van der Waals surface area contributed by atoms with Crippen molar-refractivity contribution in [1.82, 2.24) is 8.87 Å². The Morgan fingerprint density at radius 1 is 1.06 bits per heavy atom. The van der Waals surface area contributed by atoms with Crippen molar-refractivity contribution >= 4 is 37.4 Å². The van der Waals surface area contributed by atoms with Crippen LogP contribution in [0.1, 0.15) is 40.9 Å². The summed E-state index contributed by atoms with van der Waals surface area (Å²) in [5.41, 5.74) is 3.68. The van der Waals surface area contributed by atoms with Crippen LogP contribution in [0.4, 0.5) is 0 Å². The number of carbonyl (C=O) groups is 1. The van der Waals surface area contributed by atoms with Gasteiger partial charge in [-0.3, -0.25) is 14.2 Å². The van der Waals surface area contributed by atoms with Gasteiger partial charge in [-0.05, 0) is 61.6 Å². The van der Waals surface area contributed by atoms with Gasteiger partial charge in [-0.1, -0.05) is 23.5 Å². The number of nitrogens with zero attached hydrogens (tertiary/aromatic N) is 2. The highest BCUT2D eigenvalue weighted by molar-refractivity contribution is 7.89. The first-order chi connectivity index (χ1) is 15.4.